The number of hydrogen-bond donors (Lipinski definition) is 2. The molecule has 1 aromatic heterocycles. The molecular formula is C12H15BrN2O3. The molecule has 0 bridgehead atoms. The van der Waals surface area contributed by atoms with Gasteiger partial charge in [0.15, 0.2) is 0 Å². The van der Waals surface area contributed by atoms with Crippen LogP contribution in [0.5, 0.6) is 0 Å². The molecule has 1 unspecified atom stereocenters. The molecule has 1 aliphatic heterocycles. The van der Waals surface area contributed by atoms with E-state index in [-0.39, 0.29) is 18.4 Å². The number of aromatic nitrogens is 1. The molecule has 0 aliphatic carbocycles. The zero-order valence-electron chi connectivity index (χ0n) is 9.86. The first-order valence-electron chi connectivity index (χ1n) is 5.94. The van der Waals surface area contributed by atoms with Crippen LogP contribution in [0.4, 0.5) is 0 Å². The van der Waals surface area contributed by atoms with E-state index < -0.39 is 5.97 Å². The van der Waals surface area contributed by atoms with E-state index in [9.17, 15) is 9.59 Å². The quantitative estimate of drug-likeness (QED) is 0.898. The monoisotopic (exact) mass is 314 g/mol. The fourth-order valence-electron chi connectivity index (χ4n) is 2.33. The SMILES string of the molecule is O=C(O)CC1CCCCN1C(=O)c1cc(Br)c[nH]1. The summed E-state index contributed by atoms with van der Waals surface area (Å²) in [5.41, 5.74) is 0.499. The average Bonchev–Trinajstić information content (AvgIpc) is 2.75. The van der Waals surface area contributed by atoms with Gasteiger partial charge in [-0.25, -0.2) is 0 Å². The minimum atomic E-state index is -0.854. The van der Waals surface area contributed by atoms with Crippen LogP contribution in [-0.2, 0) is 4.79 Å². The summed E-state index contributed by atoms with van der Waals surface area (Å²) in [6.45, 7) is 0.632. The molecule has 1 atom stereocenters. The number of carboxylic acids is 1. The maximum Gasteiger partial charge on any atom is 0.305 e. The van der Waals surface area contributed by atoms with Crippen molar-refractivity contribution >= 4 is 27.8 Å². The highest BCUT2D eigenvalue weighted by molar-refractivity contribution is 9.10. The van der Waals surface area contributed by atoms with Crippen molar-refractivity contribution in [2.45, 2.75) is 31.7 Å². The number of likely N-dealkylation sites (tertiary alicyclic amines) is 1. The molecule has 2 rings (SSSR count). The first-order valence-corrected chi connectivity index (χ1v) is 6.74. The van der Waals surface area contributed by atoms with Crippen molar-refractivity contribution in [3.05, 3.63) is 22.4 Å². The zero-order chi connectivity index (χ0) is 13.1. The maximum absolute atomic E-state index is 12.3. The number of nitrogens with one attached hydrogen (secondary N) is 1. The summed E-state index contributed by atoms with van der Waals surface area (Å²) in [5.74, 6) is -0.973. The molecule has 0 radical (unpaired) electrons. The fourth-order valence-corrected chi connectivity index (χ4v) is 2.67. The van der Waals surface area contributed by atoms with Gasteiger partial charge in [0.2, 0.25) is 0 Å². The van der Waals surface area contributed by atoms with Crippen molar-refractivity contribution in [1.82, 2.24) is 9.88 Å². The molecule has 0 saturated carbocycles. The van der Waals surface area contributed by atoms with Crippen LogP contribution in [-0.4, -0.2) is 39.5 Å². The zero-order valence-corrected chi connectivity index (χ0v) is 11.4. The Morgan fingerprint density at radius 2 is 2.28 bits per heavy atom. The van der Waals surface area contributed by atoms with Gasteiger partial charge in [0.05, 0.1) is 6.42 Å². The normalized spacial score (nSPS) is 19.8. The second-order valence-electron chi connectivity index (χ2n) is 4.48. The Morgan fingerprint density at radius 3 is 2.89 bits per heavy atom. The third-order valence-corrected chi connectivity index (χ3v) is 3.63. The van der Waals surface area contributed by atoms with E-state index in [4.69, 9.17) is 5.11 Å². The van der Waals surface area contributed by atoms with Crippen molar-refractivity contribution in [2.75, 3.05) is 6.54 Å². The van der Waals surface area contributed by atoms with Crippen LogP contribution in [0, 0.1) is 0 Å². The summed E-state index contributed by atoms with van der Waals surface area (Å²) in [4.78, 5) is 27.7. The number of carbonyl (C=O) groups excluding carboxylic acids is 1. The topological polar surface area (TPSA) is 73.4 Å². The fraction of sp³-hybridized carbons (Fsp3) is 0.500. The number of halogens is 1. The Hall–Kier alpha value is -1.30. The van der Waals surface area contributed by atoms with E-state index in [0.717, 1.165) is 23.7 Å². The average molecular weight is 315 g/mol. The van der Waals surface area contributed by atoms with Crippen LogP contribution < -0.4 is 0 Å². The van der Waals surface area contributed by atoms with E-state index in [0.29, 0.717) is 12.2 Å². The minimum absolute atomic E-state index is 0.0214. The molecule has 2 N–H and O–H groups in total. The van der Waals surface area contributed by atoms with E-state index in [1.54, 1.807) is 17.2 Å². The molecule has 1 amide bonds. The van der Waals surface area contributed by atoms with Crippen molar-refractivity contribution in [1.29, 1.82) is 0 Å². The Balaban J connectivity index is 2.13. The number of aromatic amines is 1. The molecule has 6 heteroatoms. The Kier molecular flexibility index (Phi) is 4.06. The molecule has 5 nitrogen and oxygen atoms in total. The first-order chi connectivity index (χ1) is 8.58. The first kappa shape index (κ1) is 13.1. The van der Waals surface area contributed by atoms with Crippen molar-refractivity contribution < 1.29 is 14.7 Å². The highest BCUT2D eigenvalue weighted by Gasteiger charge is 2.29. The molecular weight excluding hydrogens is 300 g/mol. The molecule has 98 valence electrons. The summed E-state index contributed by atoms with van der Waals surface area (Å²) in [6.07, 6.45) is 4.40. The van der Waals surface area contributed by atoms with Crippen molar-refractivity contribution in [3.63, 3.8) is 0 Å². The lowest BCUT2D eigenvalue weighted by Gasteiger charge is -2.34. The number of nitrogens with zero attached hydrogens (tertiary/aromatic N) is 1. The lowest BCUT2D eigenvalue weighted by Crippen LogP contribution is -2.44. The van der Waals surface area contributed by atoms with Gasteiger partial charge < -0.3 is 15.0 Å². The highest BCUT2D eigenvalue weighted by Crippen LogP contribution is 2.22. The van der Waals surface area contributed by atoms with Crippen molar-refractivity contribution in [2.24, 2.45) is 0 Å². The van der Waals surface area contributed by atoms with Gasteiger partial charge in [0, 0.05) is 23.3 Å². The Labute approximate surface area is 113 Å². The maximum atomic E-state index is 12.3. The molecule has 1 aromatic rings. The molecule has 0 spiro atoms. The van der Waals surface area contributed by atoms with Crippen LogP contribution in [0.25, 0.3) is 0 Å². The predicted octanol–water partition coefficient (Wildman–Crippen LogP) is 2.25. The molecule has 1 saturated heterocycles. The van der Waals surface area contributed by atoms with Gasteiger partial charge in [-0.05, 0) is 41.3 Å². The van der Waals surface area contributed by atoms with Gasteiger partial charge in [0.1, 0.15) is 5.69 Å². The van der Waals surface area contributed by atoms with Gasteiger partial charge in [-0.3, -0.25) is 9.59 Å². The predicted molar refractivity (Wildman–Crippen MR) is 69.4 cm³/mol. The van der Waals surface area contributed by atoms with Crippen LogP contribution in [0.15, 0.2) is 16.7 Å². The summed E-state index contributed by atoms with van der Waals surface area (Å²) < 4.78 is 0.817. The number of rotatable bonds is 3. The number of piperidine rings is 1. The van der Waals surface area contributed by atoms with Crippen LogP contribution in [0.2, 0.25) is 0 Å². The van der Waals surface area contributed by atoms with Crippen LogP contribution in [0.1, 0.15) is 36.2 Å². The molecule has 18 heavy (non-hydrogen) atoms. The van der Waals surface area contributed by atoms with Gasteiger partial charge in [-0.1, -0.05) is 0 Å². The number of H-pyrrole nitrogens is 1. The third-order valence-electron chi connectivity index (χ3n) is 3.18. The van der Waals surface area contributed by atoms with Gasteiger partial charge >= 0.3 is 5.97 Å². The standard InChI is InChI=1S/C12H15BrN2O3/c13-8-5-10(14-7-8)12(18)15-4-2-1-3-9(15)6-11(16)17/h5,7,9,14H,1-4,6H2,(H,16,17). The van der Waals surface area contributed by atoms with E-state index in [2.05, 4.69) is 20.9 Å². The number of carboxylic acid groups (broad SMARTS) is 1. The smallest absolute Gasteiger partial charge is 0.305 e. The van der Waals surface area contributed by atoms with E-state index in [1.807, 2.05) is 0 Å². The summed E-state index contributed by atoms with van der Waals surface area (Å²) in [6, 6.07) is 1.53. The summed E-state index contributed by atoms with van der Waals surface area (Å²) in [7, 11) is 0. The van der Waals surface area contributed by atoms with Gasteiger partial charge in [-0.2, -0.15) is 0 Å². The summed E-state index contributed by atoms with van der Waals surface area (Å²) in [5, 5.41) is 8.89. The lowest BCUT2D eigenvalue weighted by molar-refractivity contribution is -0.138. The molecule has 1 fully saturated rings. The van der Waals surface area contributed by atoms with Crippen molar-refractivity contribution in [3.8, 4) is 0 Å². The molecule has 1 aliphatic rings. The lowest BCUT2D eigenvalue weighted by atomic mass is 9.99. The number of amides is 1. The van der Waals surface area contributed by atoms with Gasteiger partial charge in [-0.15, -0.1) is 0 Å². The van der Waals surface area contributed by atoms with Crippen LogP contribution in [0.3, 0.4) is 0 Å². The van der Waals surface area contributed by atoms with Crippen LogP contribution >= 0.6 is 15.9 Å². The van der Waals surface area contributed by atoms with E-state index in [1.165, 1.54) is 0 Å². The largest absolute Gasteiger partial charge is 0.481 e. The Bertz CT molecular complexity index is 458. The second kappa shape index (κ2) is 5.56. The summed E-state index contributed by atoms with van der Waals surface area (Å²) >= 11 is 3.28. The number of carbonyl (C=O) groups is 2. The van der Waals surface area contributed by atoms with E-state index >= 15 is 0 Å². The second-order valence-corrected chi connectivity index (χ2v) is 5.39. The molecule has 0 aromatic carbocycles. The minimum Gasteiger partial charge on any atom is -0.481 e. The number of aliphatic carboxylic acids is 1. The Morgan fingerprint density at radius 1 is 1.50 bits per heavy atom. The van der Waals surface area contributed by atoms with Gasteiger partial charge in [0.25, 0.3) is 5.91 Å². The third kappa shape index (κ3) is 2.93. The highest BCUT2D eigenvalue weighted by atomic mass is 79.9. The number of hydrogen-bond acceptors (Lipinski definition) is 2. The molecule has 2 heterocycles.